The minimum Gasteiger partial charge on any atom is -0.463 e. The van der Waals surface area contributed by atoms with Crippen LogP contribution in [0.15, 0.2) is 6.07 Å². The molecule has 0 aromatic carbocycles. The van der Waals surface area contributed by atoms with E-state index in [2.05, 4.69) is 6.07 Å². The molecule has 206 valence electrons. The highest BCUT2D eigenvalue weighted by molar-refractivity contribution is 7.71. The van der Waals surface area contributed by atoms with Crippen LogP contribution in [0.25, 0.3) is 0 Å². The van der Waals surface area contributed by atoms with Gasteiger partial charge in [-0.2, -0.15) is 5.26 Å². The molecule has 1 aromatic heterocycles. The third-order valence-electron chi connectivity index (χ3n) is 6.38. The molecule has 1 saturated heterocycles. The molecule has 12 heteroatoms. The van der Waals surface area contributed by atoms with Gasteiger partial charge in [0.2, 0.25) is 0 Å². The first-order valence-electron chi connectivity index (χ1n) is 12.5. The number of rotatable bonds is 6. The fourth-order valence-electron chi connectivity index (χ4n) is 4.95. The Bertz CT molecular complexity index is 1190. The zero-order valence-corrected chi connectivity index (χ0v) is 22.7. The van der Waals surface area contributed by atoms with E-state index in [-0.39, 0.29) is 16.8 Å². The van der Waals surface area contributed by atoms with Crippen molar-refractivity contribution in [3.63, 3.8) is 0 Å². The van der Waals surface area contributed by atoms with Crippen molar-refractivity contribution in [2.75, 3.05) is 6.61 Å². The van der Waals surface area contributed by atoms with E-state index in [4.69, 9.17) is 35.9 Å². The first kappa shape index (κ1) is 29.3. The van der Waals surface area contributed by atoms with Crippen molar-refractivity contribution in [3.05, 3.63) is 27.5 Å². The molecule has 38 heavy (non-hydrogen) atoms. The first-order valence-corrected chi connectivity index (χ1v) is 12.9. The van der Waals surface area contributed by atoms with Crippen molar-refractivity contribution >= 4 is 36.1 Å². The fraction of sp³-hybridized carbons (Fsp3) is 0.615. The molecule has 1 fully saturated rings. The van der Waals surface area contributed by atoms with Gasteiger partial charge in [0.15, 0.2) is 24.5 Å². The topological polar surface area (TPSA) is 143 Å². The standard InChI is InChI=1S/C26H32N2O9S/c1-14(29)33-13-21-22(34-15(2)30)23(35-16(3)31)24(36-17(4)32)25(37-21)28-20-10-8-6-5-7-9-18(20)11-19(12-27)26(28)38/h11,21-25H,5-10,13H2,1-4H3/t21-,22+,23-,24-,25+/m0/s1. The molecular formula is C26H32N2O9S. The van der Waals surface area contributed by atoms with Gasteiger partial charge in [-0.05, 0) is 37.3 Å². The molecule has 2 aliphatic rings. The number of aryl methyl sites for hydroxylation is 1. The number of nitrogens with zero attached hydrogens (tertiary/aromatic N) is 2. The summed E-state index contributed by atoms with van der Waals surface area (Å²) in [6.45, 7) is 4.38. The van der Waals surface area contributed by atoms with Crippen LogP contribution in [0.1, 0.15) is 76.4 Å². The van der Waals surface area contributed by atoms with Gasteiger partial charge in [-0.1, -0.05) is 25.1 Å². The number of pyridine rings is 1. The zero-order chi connectivity index (χ0) is 28.0. The van der Waals surface area contributed by atoms with E-state index in [1.54, 1.807) is 10.6 Å². The van der Waals surface area contributed by atoms with Crippen molar-refractivity contribution in [2.45, 2.75) is 96.9 Å². The molecule has 0 saturated carbocycles. The lowest BCUT2D eigenvalue weighted by Crippen LogP contribution is -2.60. The molecule has 1 aliphatic heterocycles. The summed E-state index contributed by atoms with van der Waals surface area (Å²) in [6, 6.07) is 3.92. The molecule has 0 unspecified atom stereocenters. The van der Waals surface area contributed by atoms with E-state index in [0.717, 1.165) is 43.9 Å². The Hall–Kier alpha value is -3.30. The molecule has 5 atom stereocenters. The number of esters is 4. The maximum absolute atomic E-state index is 12.3. The summed E-state index contributed by atoms with van der Waals surface area (Å²) in [4.78, 5) is 48.1. The highest BCUT2D eigenvalue weighted by Gasteiger charge is 2.53. The van der Waals surface area contributed by atoms with Crippen LogP contribution in [0.3, 0.4) is 0 Å². The van der Waals surface area contributed by atoms with Gasteiger partial charge in [0.25, 0.3) is 0 Å². The predicted molar refractivity (Wildman–Crippen MR) is 133 cm³/mol. The van der Waals surface area contributed by atoms with E-state index in [1.165, 1.54) is 20.8 Å². The first-order chi connectivity index (χ1) is 18.0. The van der Waals surface area contributed by atoms with Gasteiger partial charge >= 0.3 is 23.9 Å². The maximum Gasteiger partial charge on any atom is 0.303 e. The van der Waals surface area contributed by atoms with Crippen LogP contribution in [0.5, 0.6) is 0 Å². The van der Waals surface area contributed by atoms with Crippen molar-refractivity contribution in [3.8, 4) is 6.07 Å². The lowest BCUT2D eigenvalue weighted by Gasteiger charge is -2.45. The highest BCUT2D eigenvalue weighted by atomic mass is 32.1. The second kappa shape index (κ2) is 13.0. The molecule has 11 nitrogen and oxygen atoms in total. The summed E-state index contributed by atoms with van der Waals surface area (Å²) in [6.07, 6.45) is -1.01. The number of ether oxygens (including phenoxy) is 5. The molecule has 1 aromatic rings. The van der Waals surface area contributed by atoms with Gasteiger partial charge in [-0.3, -0.25) is 19.2 Å². The average molecular weight is 549 g/mol. The van der Waals surface area contributed by atoms with E-state index in [9.17, 15) is 24.4 Å². The predicted octanol–water partition coefficient (Wildman–Crippen LogP) is 3.00. The molecule has 1 aliphatic carbocycles. The Morgan fingerprint density at radius 2 is 1.50 bits per heavy atom. The summed E-state index contributed by atoms with van der Waals surface area (Å²) >= 11 is 5.71. The second-order valence-corrected chi connectivity index (χ2v) is 9.71. The average Bonchev–Trinajstić information content (AvgIpc) is 2.81. The van der Waals surface area contributed by atoms with Crippen LogP contribution in [0.4, 0.5) is 0 Å². The van der Waals surface area contributed by atoms with Gasteiger partial charge in [-0.15, -0.1) is 0 Å². The quantitative estimate of drug-likeness (QED) is 0.294. The van der Waals surface area contributed by atoms with Crippen LogP contribution in [0.2, 0.25) is 0 Å². The third-order valence-corrected chi connectivity index (χ3v) is 6.80. The molecule has 0 amide bonds. The Morgan fingerprint density at radius 1 is 0.921 bits per heavy atom. The summed E-state index contributed by atoms with van der Waals surface area (Å²) in [7, 11) is 0. The Labute approximate surface area is 225 Å². The highest BCUT2D eigenvalue weighted by Crippen LogP contribution is 2.37. The second-order valence-electron chi connectivity index (χ2n) is 9.32. The van der Waals surface area contributed by atoms with Crippen molar-refractivity contribution in [1.29, 1.82) is 5.26 Å². The molecule has 3 rings (SSSR count). The van der Waals surface area contributed by atoms with Gasteiger partial charge in [0.1, 0.15) is 23.4 Å². The number of carbonyl (C=O) groups is 4. The van der Waals surface area contributed by atoms with E-state index < -0.39 is 54.5 Å². The Morgan fingerprint density at radius 3 is 2.08 bits per heavy atom. The van der Waals surface area contributed by atoms with E-state index in [1.807, 2.05) is 0 Å². The molecular weight excluding hydrogens is 516 g/mol. The van der Waals surface area contributed by atoms with Crippen molar-refractivity contribution in [2.24, 2.45) is 0 Å². The molecule has 0 bridgehead atoms. The van der Waals surface area contributed by atoms with Crippen LogP contribution in [-0.4, -0.2) is 59.5 Å². The maximum atomic E-state index is 12.3. The summed E-state index contributed by atoms with van der Waals surface area (Å²) in [5.74, 6) is -2.74. The number of nitriles is 1. The number of hydrogen-bond donors (Lipinski definition) is 0. The van der Waals surface area contributed by atoms with Gasteiger partial charge in [0, 0.05) is 33.4 Å². The third kappa shape index (κ3) is 6.96. The smallest absolute Gasteiger partial charge is 0.303 e. The minimum absolute atomic E-state index is 0.160. The summed E-state index contributed by atoms with van der Waals surface area (Å²) in [5, 5.41) is 9.85. The van der Waals surface area contributed by atoms with Gasteiger partial charge in [-0.25, -0.2) is 0 Å². The van der Waals surface area contributed by atoms with E-state index in [0.29, 0.717) is 12.8 Å². The molecule has 2 heterocycles. The molecule has 0 N–H and O–H groups in total. The van der Waals surface area contributed by atoms with Crippen molar-refractivity contribution < 1.29 is 42.9 Å². The number of aromatic nitrogens is 1. The zero-order valence-electron chi connectivity index (χ0n) is 21.9. The van der Waals surface area contributed by atoms with Crippen LogP contribution >= 0.6 is 12.2 Å². The monoisotopic (exact) mass is 548 g/mol. The summed E-state index contributed by atoms with van der Waals surface area (Å²) < 4.78 is 30.0. The van der Waals surface area contributed by atoms with Gasteiger partial charge in [0.05, 0.1) is 5.56 Å². The van der Waals surface area contributed by atoms with Crippen LogP contribution < -0.4 is 0 Å². The molecule has 0 spiro atoms. The SMILES string of the molecule is CC(=O)OC[C@@H]1O[C@@H](n2c3c(cc(C#N)c2=S)CCCCCC3)[C@@H](OC(C)=O)[C@@H](OC(C)=O)[C@@H]1OC(C)=O. The lowest BCUT2D eigenvalue weighted by atomic mass is 9.93. The Balaban J connectivity index is 2.26. The number of carbonyl (C=O) groups excluding carboxylic acids is 4. The Kier molecular flexibility index (Phi) is 9.99. The normalized spacial score (nSPS) is 25.0. The van der Waals surface area contributed by atoms with E-state index >= 15 is 0 Å². The van der Waals surface area contributed by atoms with Crippen LogP contribution in [0, 0.1) is 16.0 Å². The van der Waals surface area contributed by atoms with Crippen LogP contribution in [-0.2, 0) is 55.7 Å². The van der Waals surface area contributed by atoms with Crippen molar-refractivity contribution in [1.82, 2.24) is 4.57 Å². The number of fused-ring (bicyclic) bond motifs is 1. The summed E-state index contributed by atoms with van der Waals surface area (Å²) in [5.41, 5.74) is 1.98. The minimum atomic E-state index is -1.32. The van der Waals surface area contributed by atoms with Gasteiger partial charge < -0.3 is 28.3 Å². The fourth-order valence-corrected chi connectivity index (χ4v) is 5.27. The number of hydrogen-bond acceptors (Lipinski definition) is 11. The largest absolute Gasteiger partial charge is 0.463 e. The lowest BCUT2D eigenvalue weighted by molar-refractivity contribution is -0.269. The molecule has 0 radical (unpaired) electrons.